The van der Waals surface area contributed by atoms with Gasteiger partial charge in [0.25, 0.3) is 0 Å². The summed E-state index contributed by atoms with van der Waals surface area (Å²) in [6.45, 7) is 14.3. The second-order valence-corrected chi connectivity index (χ2v) is 6.03. The summed E-state index contributed by atoms with van der Waals surface area (Å²) in [4.78, 5) is 0. The predicted molar refractivity (Wildman–Crippen MR) is 71.2 cm³/mol. The van der Waals surface area contributed by atoms with Crippen molar-refractivity contribution in [2.75, 3.05) is 0 Å². The van der Waals surface area contributed by atoms with Crippen molar-refractivity contribution in [3.05, 3.63) is 0 Å². The van der Waals surface area contributed by atoms with Crippen LogP contribution in [0.4, 0.5) is 0 Å². The summed E-state index contributed by atoms with van der Waals surface area (Å²) in [6.07, 6.45) is 8.28. The first-order valence-electron chi connectivity index (χ1n) is 6.96. The van der Waals surface area contributed by atoms with Gasteiger partial charge in [-0.15, -0.1) is 0 Å². The van der Waals surface area contributed by atoms with E-state index in [0.29, 0.717) is 5.41 Å². The van der Waals surface area contributed by atoms with E-state index in [0.717, 1.165) is 11.8 Å². The molecule has 0 amide bonds. The molecule has 0 aliphatic rings. The van der Waals surface area contributed by atoms with E-state index in [1.54, 1.807) is 0 Å². The lowest BCUT2D eigenvalue weighted by Crippen LogP contribution is -2.26. The first-order valence-corrected chi connectivity index (χ1v) is 6.96. The van der Waals surface area contributed by atoms with Crippen LogP contribution in [0.3, 0.4) is 0 Å². The Morgan fingerprint density at radius 2 is 1.47 bits per heavy atom. The van der Waals surface area contributed by atoms with Gasteiger partial charge >= 0.3 is 0 Å². The monoisotopic (exact) mass is 212 g/mol. The van der Waals surface area contributed by atoms with E-state index in [-0.39, 0.29) is 0 Å². The van der Waals surface area contributed by atoms with Crippen molar-refractivity contribution in [2.45, 2.75) is 80.1 Å². The smallest absolute Gasteiger partial charge is 0.0300 e. The second kappa shape index (κ2) is 7.30. The summed E-state index contributed by atoms with van der Waals surface area (Å²) in [6, 6.07) is 0. The number of hydrogen-bond acceptors (Lipinski definition) is 0. The highest BCUT2D eigenvalue weighted by Crippen LogP contribution is 2.40. The Morgan fingerprint density at radius 3 is 1.87 bits per heavy atom. The lowest BCUT2D eigenvalue weighted by Gasteiger charge is -2.36. The van der Waals surface area contributed by atoms with Gasteiger partial charge in [-0.05, 0) is 30.1 Å². The zero-order valence-electron chi connectivity index (χ0n) is 11.9. The van der Waals surface area contributed by atoms with E-state index in [4.69, 9.17) is 0 Å². The standard InChI is InChI=1S/C15H32/c1-7-9-14(5)15(6,11-8-2)12-10-13(3)4/h13-14H,7-12H2,1-6H3. The van der Waals surface area contributed by atoms with E-state index in [1.165, 1.54) is 38.5 Å². The van der Waals surface area contributed by atoms with Gasteiger partial charge in [-0.2, -0.15) is 0 Å². The van der Waals surface area contributed by atoms with E-state index in [1.807, 2.05) is 0 Å². The van der Waals surface area contributed by atoms with Crippen molar-refractivity contribution < 1.29 is 0 Å². The van der Waals surface area contributed by atoms with Gasteiger partial charge < -0.3 is 0 Å². The molecule has 0 rings (SSSR count). The first-order chi connectivity index (χ1) is 6.96. The minimum absolute atomic E-state index is 0.592. The normalized spacial score (nSPS) is 17.8. The molecular weight excluding hydrogens is 180 g/mol. The molecule has 0 saturated heterocycles. The fourth-order valence-electron chi connectivity index (χ4n) is 2.59. The van der Waals surface area contributed by atoms with E-state index < -0.39 is 0 Å². The molecule has 0 N–H and O–H groups in total. The highest BCUT2D eigenvalue weighted by atomic mass is 14.3. The topological polar surface area (TPSA) is 0 Å². The molecule has 2 unspecified atom stereocenters. The maximum absolute atomic E-state index is 2.51. The first kappa shape index (κ1) is 15.0. The van der Waals surface area contributed by atoms with Gasteiger partial charge in [0.15, 0.2) is 0 Å². The van der Waals surface area contributed by atoms with Gasteiger partial charge in [-0.25, -0.2) is 0 Å². The zero-order valence-corrected chi connectivity index (χ0v) is 11.9. The van der Waals surface area contributed by atoms with Crippen LogP contribution in [0.15, 0.2) is 0 Å². The lowest BCUT2D eigenvalue weighted by atomic mass is 9.69. The third-order valence-corrected chi connectivity index (χ3v) is 4.03. The Kier molecular flexibility index (Phi) is 7.30. The average molecular weight is 212 g/mol. The Morgan fingerprint density at radius 1 is 0.867 bits per heavy atom. The van der Waals surface area contributed by atoms with Gasteiger partial charge in [-0.3, -0.25) is 0 Å². The third-order valence-electron chi connectivity index (χ3n) is 4.03. The highest BCUT2D eigenvalue weighted by molar-refractivity contribution is 4.80. The molecule has 92 valence electrons. The Bertz CT molecular complexity index is 148. The highest BCUT2D eigenvalue weighted by Gasteiger charge is 2.29. The van der Waals surface area contributed by atoms with Crippen LogP contribution in [0, 0.1) is 17.3 Å². The van der Waals surface area contributed by atoms with Crippen molar-refractivity contribution in [1.29, 1.82) is 0 Å². The molecule has 0 heterocycles. The quantitative estimate of drug-likeness (QED) is 0.486. The number of rotatable bonds is 8. The van der Waals surface area contributed by atoms with Gasteiger partial charge in [0.2, 0.25) is 0 Å². The molecule has 2 atom stereocenters. The second-order valence-electron chi connectivity index (χ2n) is 6.03. The molecule has 0 saturated carbocycles. The van der Waals surface area contributed by atoms with Crippen LogP contribution in [-0.2, 0) is 0 Å². The molecule has 0 aromatic heterocycles. The van der Waals surface area contributed by atoms with Crippen molar-refractivity contribution in [3.63, 3.8) is 0 Å². The molecule has 15 heavy (non-hydrogen) atoms. The predicted octanol–water partition coefficient (Wildman–Crippen LogP) is 5.67. The SMILES string of the molecule is CCCC(C)C(C)(CCC)CCC(C)C. The van der Waals surface area contributed by atoms with Gasteiger partial charge in [0.05, 0.1) is 0 Å². The molecule has 0 aliphatic carbocycles. The summed E-state index contributed by atoms with van der Waals surface area (Å²) < 4.78 is 0. The summed E-state index contributed by atoms with van der Waals surface area (Å²) in [5, 5.41) is 0. The molecule has 0 spiro atoms. The van der Waals surface area contributed by atoms with Crippen molar-refractivity contribution >= 4 is 0 Å². The minimum Gasteiger partial charge on any atom is -0.0654 e. The molecule has 0 aromatic rings. The number of hydrogen-bond donors (Lipinski definition) is 0. The van der Waals surface area contributed by atoms with Gasteiger partial charge in [0, 0.05) is 0 Å². The molecule has 0 radical (unpaired) electrons. The van der Waals surface area contributed by atoms with E-state index in [2.05, 4.69) is 41.5 Å². The molecule has 0 fully saturated rings. The Labute approximate surface area is 97.8 Å². The maximum atomic E-state index is 2.51. The fourth-order valence-corrected chi connectivity index (χ4v) is 2.59. The van der Waals surface area contributed by atoms with Crippen molar-refractivity contribution in [2.24, 2.45) is 17.3 Å². The van der Waals surface area contributed by atoms with E-state index in [9.17, 15) is 0 Å². The van der Waals surface area contributed by atoms with Crippen LogP contribution in [-0.4, -0.2) is 0 Å². The van der Waals surface area contributed by atoms with Crippen molar-refractivity contribution in [1.82, 2.24) is 0 Å². The van der Waals surface area contributed by atoms with Crippen LogP contribution in [0.25, 0.3) is 0 Å². The van der Waals surface area contributed by atoms with Gasteiger partial charge in [0.1, 0.15) is 0 Å². The fraction of sp³-hybridized carbons (Fsp3) is 1.00. The molecular formula is C15H32. The Hall–Kier alpha value is 0. The lowest BCUT2D eigenvalue weighted by molar-refractivity contribution is 0.144. The zero-order chi connectivity index (χ0) is 11.9. The van der Waals surface area contributed by atoms with Crippen LogP contribution in [0.2, 0.25) is 0 Å². The van der Waals surface area contributed by atoms with Crippen molar-refractivity contribution in [3.8, 4) is 0 Å². The molecule has 0 aliphatic heterocycles. The van der Waals surface area contributed by atoms with Crippen LogP contribution < -0.4 is 0 Å². The molecule has 0 bridgehead atoms. The summed E-state index contributed by atoms with van der Waals surface area (Å²) in [5.74, 6) is 1.75. The average Bonchev–Trinajstić information content (AvgIpc) is 2.15. The van der Waals surface area contributed by atoms with E-state index >= 15 is 0 Å². The van der Waals surface area contributed by atoms with Gasteiger partial charge in [-0.1, -0.05) is 67.2 Å². The summed E-state index contributed by atoms with van der Waals surface area (Å²) >= 11 is 0. The maximum Gasteiger partial charge on any atom is -0.0300 e. The molecule has 0 aromatic carbocycles. The van der Waals surface area contributed by atoms with Crippen LogP contribution >= 0.6 is 0 Å². The third kappa shape index (κ3) is 5.58. The summed E-state index contributed by atoms with van der Waals surface area (Å²) in [5.41, 5.74) is 0.592. The summed E-state index contributed by atoms with van der Waals surface area (Å²) in [7, 11) is 0. The molecule has 0 nitrogen and oxygen atoms in total. The Balaban J connectivity index is 4.28. The minimum atomic E-state index is 0.592. The largest absolute Gasteiger partial charge is 0.0654 e. The van der Waals surface area contributed by atoms with Crippen LogP contribution in [0.5, 0.6) is 0 Å². The van der Waals surface area contributed by atoms with Crippen LogP contribution in [0.1, 0.15) is 80.1 Å². The molecule has 0 heteroatoms.